The number of methoxy groups -OCH3 is 1. The number of ether oxygens (including phenoxy) is 1. The Balaban J connectivity index is 1.96. The molecule has 0 saturated carbocycles. The van der Waals surface area contributed by atoms with Crippen molar-refractivity contribution in [1.29, 1.82) is 0 Å². The first kappa shape index (κ1) is 28.3. The minimum atomic E-state index is -4.72. The van der Waals surface area contributed by atoms with Gasteiger partial charge in [-0.15, -0.1) is 0 Å². The van der Waals surface area contributed by atoms with Crippen molar-refractivity contribution in [3.05, 3.63) is 106 Å². The normalized spacial score (nSPS) is 16.8. The average Bonchev–Trinajstić information content (AvgIpc) is 2.94. The number of nitrogens with zero attached hydrogens (tertiary/aromatic N) is 2. The van der Waals surface area contributed by atoms with Crippen molar-refractivity contribution in [3.8, 4) is 11.1 Å². The monoisotopic (exact) mass is 582 g/mol. The first-order valence-corrected chi connectivity index (χ1v) is 14.0. The van der Waals surface area contributed by atoms with Gasteiger partial charge < -0.3 is 4.74 Å². The Bertz CT molecular complexity index is 1870. The van der Waals surface area contributed by atoms with Gasteiger partial charge in [-0.3, -0.25) is 9.36 Å². The molecule has 3 aromatic carbocycles. The summed E-state index contributed by atoms with van der Waals surface area (Å²) in [6, 6.07) is 15.8. The van der Waals surface area contributed by atoms with E-state index in [4.69, 9.17) is 4.74 Å². The van der Waals surface area contributed by atoms with Gasteiger partial charge in [0.15, 0.2) is 5.03 Å². The zero-order valence-corrected chi connectivity index (χ0v) is 22.9. The largest absolute Gasteiger partial charge is 0.467 e. The lowest BCUT2D eigenvalue weighted by molar-refractivity contribution is -0.145. The third kappa shape index (κ3) is 4.74. The molecule has 0 fully saturated rings. The van der Waals surface area contributed by atoms with Crippen LogP contribution in [0.3, 0.4) is 0 Å². The Labute approximate surface area is 234 Å². The Kier molecular flexibility index (Phi) is 7.12. The van der Waals surface area contributed by atoms with Gasteiger partial charge in [-0.2, -0.15) is 17.5 Å². The molecule has 0 bridgehead atoms. The molecule has 0 N–H and O–H groups in total. The van der Waals surface area contributed by atoms with Gasteiger partial charge in [0.2, 0.25) is 0 Å². The lowest BCUT2D eigenvalue weighted by Gasteiger charge is -2.34. The predicted octanol–water partition coefficient (Wildman–Crippen LogP) is 5.27. The summed E-state index contributed by atoms with van der Waals surface area (Å²) in [7, 11) is -2.11. The Hall–Kier alpha value is -4.22. The van der Waals surface area contributed by atoms with Gasteiger partial charge in [-0.05, 0) is 46.0 Å². The molecular formula is C30H25F3N2O5S. The van der Waals surface area contributed by atoms with E-state index in [0.29, 0.717) is 0 Å². The highest BCUT2D eigenvalue weighted by Crippen LogP contribution is 2.41. The van der Waals surface area contributed by atoms with Crippen molar-refractivity contribution in [2.24, 2.45) is 0 Å². The van der Waals surface area contributed by atoms with Crippen LogP contribution in [0.25, 0.3) is 28.0 Å². The summed E-state index contributed by atoms with van der Waals surface area (Å²) in [5.41, 5.74) is -1.13. The molecule has 1 aliphatic rings. The minimum Gasteiger partial charge on any atom is -0.467 e. The van der Waals surface area contributed by atoms with Crippen LogP contribution < -0.4 is 5.56 Å². The second kappa shape index (κ2) is 10.3. The molecule has 212 valence electrons. The smallest absolute Gasteiger partial charge is 0.416 e. The summed E-state index contributed by atoms with van der Waals surface area (Å²) in [5, 5.41) is 1.13. The fourth-order valence-corrected chi connectivity index (χ4v) is 6.93. The highest BCUT2D eigenvalue weighted by atomic mass is 32.2. The van der Waals surface area contributed by atoms with Crippen LogP contribution in [-0.4, -0.2) is 44.0 Å². The van der Waals surface area contributed by atoms with E-state index >= 15 is 0 Å². The maximum atomic E-state index is 14.0. The number of benzene rings is 3. The van der Waals surface area contributed by atoms with Crippen LogP contribution in [0.4, 0.5) is 13.2 Å². The number of carbonyl (C=O) groups excluding carboxylic acids is 1. The number of carbonyl (C=O) groups is 1. The molecule has 0 amide bonds. The maximum Gasteiger partial charge on any atom is 0.416 e. The number of esters is 1. The molecule has 1 aromatic heterocycles. The van der Waals surface area contributed by atoms with Crippen molar-refractivity contribution in [1.82, 2.24) is 8.87 Å². The van der Waals surface area contributed by atoms with Gasteiger partial charge in [-0.1, -0.05) is 67.3 Å². The maximum absolute atomic E-state index is 14.0. The average molecular weight is 583 g/mol. The van der Waals surface area contributed by atoms with Crippen LogP contribution in [0.2, 0.25) is 0 Å². The number of rotatable bonds is 5. The second-order valence-electron chi connectivity index (χ2n) is 9.67. The lowest BCUT2D eigenvalue weighted by Crippen LogP contribution is -2.49. The molecule has 7 nitrogen and oxygen atoms in total. The first-order chi connectivity index (χ1) is 19.4. The molecule has 1 atom stereocenters. The molecule has 0 aliphatic carbocycles. The number of alkyl halides is 3. The van der Waals surface area contributed by atoms with Gasteiger partial charge in [-0.25, -0.2) is 13.2 Å². The fourth-order valence-electron chi connectivity index (χ4n) is 5.34. The SMILES string of the molecule is C=Cc1c(Cc2cccc3ccccc23)c(-c2cccc(C(F)(F)F)c2)c2n(c1=O)C(C(=O)OC)CN(C)S2(=O)=O. The number of likely N-dealkylation sites (N-methyl/N-ethyl adjacent to an activating group) is 1. The number of pyridine rings is 1. The number of hydrogen-bond acceptors (Lipinski definition) is 5. The summed E-state index contributed by atoms with van der Waals surface area (Å²) in [4.78, 5) is 26.8. The van der Waals surface area contributed by atoms with Gasteiger partial charge in [0.1, 0.15) is 6.04 Å². The summed E-state index contributed by atoms with van der Waals surface area (Å²) < 4.78 is 75.8. The quantitative estimate of drug-likeness (QED) is 0.300. The zero-order chi connectivity index (χ0) is 29.7. The molecule has 1 aliphatic heterocycles. The third-order valence-electron chi connectivity index (χ3n) is 7.31. The van der Waals surface area contributed by atoms with Gasteiger partial charge in [0.25, 0.3) is 15.6 Å². The van der Waals surface area contributed by atoms with E-state index in [-0.39, 0.29) is 28.7 Å². The molecule has 0 radical (unpaired) electrons. The number of sulfonamides is 1. The molecule has 0 saturated heterocycles. The molecule has 11 heteroatoms. The molecule has 4 aromatic rings. The summed E-state index contributed by atoms with van der Waals surface area (Å²) in [6.45, 7) is 3.37. The topological polar surface area (TPSA) is 85.7 Å². The van der Waals surface area contributed by atoms with Crippen LogP contribution in [0, 0.1) is 0 Å². The number of hydrogen-bond donors (Lipinski definition) is 0. The molecular weight excluding hydrogens is 557 g/mol. The number of halogens is 3. The highest BCUT2D eigenvalue weighted by molar-refractivity contribution is 7.89. The predicted molar refractivity (Wildman–Crippen MR) is 149 cm³/mol. The van der Waals surface area contributed by atoms with E-state index in [0.717, 1.165) is 44.5 Å². The number of aromatic nitrogens is 1. The minimum absolute atomic E-state index is 0.000505. The van der Waals surface area contributed by atoms with Crippen molar-refractivity contribution >= 4 is 32.8 Å². The van der Waals surface area contributed by atoms with Crippen molar-refractivity contribution < 1.29 is 31.1 Å². The van der Waals surface area contributed by atoms with Gasteiger partial charge >= 0.3 is 12.1 Å². The Morgan fingerprint density at radius 3 is 2.46 bits per heavy atom. The van der Waals surface area contributed by atoms with E-state index in [9.17, 15) is 31.2 Å². The molecule has 1 unspecified atom stereocenters. The van der Waals surface area contributed by atoms with Crippen LogP contribution in [0.15, 0.2) is 83.1 Å². The standard InChI is InChI=1S/C30H25F3N2O5S/c1-4-22-24(16-19-11-7-10-18-9-5-6-14-23(18)19)26(20-12-8-13-21(15-20)30(31,32)33)28-35(27(22)36)25(29(37)40-3)17-34(2)41(28,38)39/h4-15,25H,1,16-17H2,2-3H3. The van der Waals surface area contributed by atoms with E-state index < -0.39 is 50.9 Å². The van der Waals surface area contributed by atoms with Gasteiger partial charge in [0, 0.05) is 24.7 Å². The van der Waals surface area contributed by atoms with Crippen LogP contribution in [0.1, 0.15) is 28.3 Å². The van der Waals surface area contributed by atoms with Crippen LogP contribution in [-0.2, 0) is 32.2 Å². The molecule has 2 heterocycles. The van der Waals surface area contributed by atoms with Crippen molar-refractivity contribution in [2.75, 3.05) is 20.7 Å². The summed E-state index contributed by atoms with van der Waals surface area (Å²) in [5.74, 6) is -0.873. The molecule has 0 spiro atoms. The van der Waals surface area contributed by atoms with Crippen LogP contribution >= 0.6 is 0 Å². The van der Waals surface area contributed by atoms with Crippen molar-refractivity contribution in [3.63, 3.8) is 0 Å². The third-order valence-corrected chi connectivity index (χ3v) is 9.17. The van der Waals surface area contributed by atoms with E-state index in [1.807, 2.05) is 30.3 Å². The van der Waals surface area contributed by atoms with Crippen molar-refractivity contribution in [2.45, 2.75) is 23.7 Å². The zero-order valence-electron chi connectivity index (χ0n) is 22.1. The lowest BCUT2D eigenvalue weighted by atomic mass is 9.90. The van der Waals surface area contributed by atoms with E-state index in [2.05, 4.69) is 6.58 Å². The fraction of sp³-hybridized carbons (Fsp3) is 0.200. The highest BCUT2D eigenvalue weighted by Gasteiger charge is 2.43. The van der Waals surface area contributed by atoms with Crippen LogP contribution in [0.5, 0.6) is 0 Å². The number of fused-ring (bicyclic) bond motifs is 2. The Morgan fingerprint density at radius 2 is 1.78 bits per heavy atom. The van der Waals surface area contributed by atoms with E-state index in [1.165, 1.54) is 25.3 Å². The first-order valence-electron chi connectivity index (χ1n) is 12.5. The molecule has 5 rings (SSSR count). The summed E-state index contributed by atoms with van der Waals surface area (Å²) >= 11 is 0. The molecule has 41 heavy (non-hydrogen) atoms. The summed E-state index contributed by atoms with van der Waals surface area (Å²) in [6.07, 6.45) is -3.48. The van der Waals surface area contributed by atoms with Gasteiger partial charge in [0.05, 0.1) is 12.7 Å². The Morgan fingerprint density at radius 1 is 1.10 bits per heavy atom. The second-order valence-corrected chi connectivity index (χ2v) is 11.6. The van der Waals surface area contributed by atoms with E-state index in [1.54, 1.807) is 12.1 Å².